The number of aromatic nitrogens is 3. The van der Waals surface area contributed by atoms with Gasteiger partial charge in [0.1, 0.15) is 6.26 Å². The van der Waals surface area contributed by atoms with Gasteiger partial charge in [-0.25, -0.2) is 8.78 Å². The zero-order chi connectivity index (χ0) is 25.8. The molecule has 2 saturated carbocycles. The minimum Gasteiger partial charge on any atom is -0.364 e. The molecule has 6 rings (SSSR count). The number of likely N-dealkylation sites (tertiary alicyclic amines) is 1. The van der Waals surface area contributed by atoms with Gasteiger partial charge in [-0.15, -0.1) is 0 Å². The van der Waals surface area contributed by atoms with E-state index in [1.807, 2.05) is 31.4 Å². The summed E-state index contributed by atoms with van der Waals surface area (Å²) in [7, 11) is 1.87. The first-order chi connectivity index (χ1) is 17.7. The summed E-state index contributed by atoms with van der Waals surface area (Å²) in [6.07, 6.45) is 10.2. The molecule has 2 aromatic heterocycles. The van der Waals surface area contributed by atoms with Crippen molar-refractivity contribution in [2.75, 3.05) is 19.6 Å². The van der Waals surface area contributed by atoms with Crippen molar-refractivity contribution in [3.63, 3.8) is 0 Å². The van der Waals surface area contributed by atoms with Crippen LogP contribution in [0.5, 0.6) is 0 Å². The lowest BCUT2D eigenvalue weighted by atomic mass is 9.83. The zero-order valence-electron chi connectivity index (χ0n) is 21.6. The number of hydrogen-bond acceptors (Lipinski definition) is 5. The Morgan fingerprint density at radius 3 is 2.84 bits per heavy atom. The number of carbonyl (C=O) groups excluding carboxylic acids is 1. The number of amides is 1. The Morgan fingerprint density at radius 1 is 1.27 bits per heavy atom. The zero-order valence-corrected chi connectivity index (χ0v) is 21.6. The summed E-state index contributed by atoms with van der Waals surface area (Å²) in [6.45, 7) is 3.84. The maximum Gasteiger partial charge on any atom is 0.275 e. The van der Waals surface area contributed by atoms with Crippen LogP contribution in [0.1, 0.15) is 73.5 Å². The molecule has 2 aliphatic carbocycles. The fourth-order valence-electron chi connectivity index (χ4n) is 6.79. The minimum atomic E-state index is -2.92. The number of piperidine rings is 1. The molecule has 1 aliphatic heterocycles. The van der Waals surface area contributed by atoms with E-state index in [0.717, 1.165) is 88.7 Å². The van der Waals surface area contributed by atoms with Crippen LogP contribution in [-0.2, 0) is 18.4 Å². The van der Waals surface area contributed by atoms with E-state index in [1.54, 1.807) is 4.68 Å². The first-order valence-electron chi connectivity index (χ1n) is 13.5. The summed E-state index contributed by atoms with van der Waals surface area (Å²) in [5, 5.41) is 12.6. The van der Waals surface area contributed by atoms with E-state index in [9.17, 15) is 13.6 Å². The van der Waals surface area contributed by atoms with Crippen molar-refractivity contribution in [1.29, 1.82) is 0 Å². The Labute approximate surface area is 215 Å². The van der Waals surface area contributed by atoms with Crippen LogP contribution in [0.25, 0.3) is 10.9 Å². The molecule has 7 nitrogen and oxygen atoms in total. The molecule has 3 aliphatic rings. The Kier molecular flexibility index (Phi) is 6.09. The Balaban J connectivity index is 0.963. The van der Waals surface area contributed by atoms with Crippen molar-refractivity contribution >= 4 is 16.8 Å². The molecule has 0 bridgehead atoms. The molecule has 9 heteroatoms. The minimum absolute atomic E-state index is 0.0145. The van der Waals surface area contributed by atoms with E-state index in [4.69, 9.17) is 4.52 Å². The SMILES string of the molecule is Cn1cc2c(C(=O)N[C@H]3CC[C@H](CCN4CCC5(c6nocc6C(C)(F)F)CC5C4)CC3)cccc2n1. The molecule has 3 aromatic rings. The van der Waals surface area contributed by atoms with Crippen LogP contribution in [-0.4, -0.2) is 51.4 Å². The number of aryl methyl sites for hydroxylation is 1. The van der Waals surface area contributed by atoms with E-state index in [0.29, 0.717) is 23.1 Å². The lowest BCUT2D eigenvalue weighted by Gasteiger charge is -2.34. The van der Waals surface area contributed by atoms with Gasteiger partial charge in [0.25, 0.3) is 11.8 Å². The molecule has 37 heavy (non-hydrogen) atoms. The second kappa shape index (κ2) is 9.19. The van der Waals surface area contributed by atoms with Crippen LogP contribution in [0, 0.1) is 11.8 Å². The highest BCUT2D eigenvalue weighted by Gasteiger charge is 2.61. The summed E-state index contributed by atoms with van der Waals surface area (Å²) in [5.74, 6) is -1.87. The largest absolute Gasteiger partial charge is 0.364 e. The quantitative estimate of drug-likeness (QED) is 0.482. The molecule has 3 fully saturated rings. The third-order valence-corrected chi connectivity index (χ3v) is 9.04. The van der Waals surface area contributed by atoms with E-state index < -0.39 is 5.92 Å². The summed E-state index contributed by atoms with van der Waals surface area (Å²) in [4.78, 5) is 15.5. The highest BCUT2D eigenvalue weighted by Crippen LogP contribution is 2.60. The van der Waals surface area contributed by atoms with Gasteiger partial charge >= 0.3 is 0 Å². The molecule has 0 radical (unpaired) electrons. The topological polar surface area (TPSA) is 76.2 Å². The smallest absolute Gasteiger partial charge is 0.275 e. The maximum absolute atomic E-state index is 14.0. The molecule has 2 atom stereocenters. The molecule has 1 saturated heterocycles. The fraction of sp³-hybridized carbons (Fsp3) is 0.607. The second-order valence-electron chi connectivity index (χ2n) is 11.6. The second-order valence-corrected chi connectivity index (χ2v) is 11.6. The lowest BCUT2D eigenvalue weighted by Crippen LogP contribution is -2.40. The van der Waals surface area contributed by atoms with E-state index >= 15 is 0 Å². The number of alkyl halides is 2. The van der Waals surface area contributed by atoms with E-state index in [-0.39, 0.29) is 22.9 Å². The van der Waals surface area contributed by atoms with Crippen LogP contribution in [0.4, 0.5) is 8.78 Å². The Bertz CT molecular complexity index is 1290. The number of halogens is 2. The lowest BCUT2D eigenvalue weighted by molar-refractivity contribution is 0.0151. The summed E-state index contributed by atoms with van der Waals surface area (Å²) >= 11 is 0. The number of benzene rings is 1. The molecule has 3 heterocycles. The van der Waals surface area contributed by atoms with E-state index in [2.05, 4.69) is 20.5 Å². The van der Waals surface area contributed by atoms with Gasteiger partial charge in [-0.3, -0.25) is 9.48 Å². The Hall–Kier alpha value is -2.81. The summed E-state index contributed by atoms with van der Waals surface area (Å²) in [5.41, 5.74) is 1.77. The third kappa shape index (κ3) is 4.67. The molecule has 1 amide bonds. The molecule has 1 aromatic carbocycles. The van der Waals surface area contributed by atoms with Crippen molar-refractivity contribution in [2.45, 2.75) is 69.2 Å². The van der Waals surface area contributed by atoms with Gasteiger partial charge in [0, 0.05) is 43.6 Å². The number of rotatable bonds is 7. The van der Waals surface area contributed by atoms with Gasteiger partial charge < -0.3 is 14.7 Å². The number of nitrogens with zero attached hydrogens (tertiary/aromatic N) is 4. The monoisotopic (exact) mass is 511 g/mol. The van der Waals surface area contributed by atoms with Crippen molar-refractivity contribution in [3.05, 3.63) is 47.5 Å². The van der Waals surface area contributed by atoms with Gasteiger partial charge in [-0.05, 0) is 82.0 Å². The first-order valence-corrected chi connectivity index (χ1v) is 13.5. The van der Waals surface area contributed by atoms with Gasteiger partial charge in [-0.1, -0.05) is 11.2 Å². The van der Waals surface area contributed by atoms with Gasteiger partial charge in [0.15, 0.2) is 0 Å². The molecular weight excluding hydrogens is 476 g/mol. The van der Waals surface area contributed by atoms with Crippen molar-refractivity contribution < 1.29 is 18.1 Å². The summed E-state index contributed by atoms with van der Waals surface area (Å²) in [6, 6.07) is 5.90. The van der Waals surface area contributed by atoms with Crippen LogP contribution in [0.2, 0.25) is 0 Å². The normalized spacial score (nSPS) is 28.3. The number of nitrogens with one attached hydrogen (secondary N) is 1. The van der Waals surface area contributed by atoms with E-state index in [1.165, 1.54) is 0 Å². The van der Waals surface area contributed by atoms with Gasteiger partial charge in [0.2, 0.25) is 0 Å². The van der Waals surface area contributed by atoms with Crippen molar-refractivity contribution in [2.24, 2.45) is 18.9 Å². The van der Waals surface area contributed by atoms with Crippen LogP contribution < -0.4 is 5.32 Å². The number of hydrogen-bond donors (Lipinski definition) is 1. The Morgan fingerprint density at radius 2 is 2.08 bits per heavy atom. The maximum atomic E-state index is 14.0. The molecule has 2 unspecified atom stereocenters. The average Bonchev–Trinajstić information content (AvgIpc) is 3.17. The molecule has 198 valence electrons. The fourth-order valence-corrected chi connectivity index (χ4v) is 6.79. The third-order valence-electron chi connectivity index (χ3n) is 9.04. The number of carbonyl (C=O) groups is 1. The highest BCUT2D eigenvalue weighted by molar-refractivity contribution is 6.06. The van der Waals surface area contributed by atoms with Crippen molar-refractivity contribution in [3.8, 4) is 0 Å². The van der Waals surface area contributed by atoms with Crippen molar-refractivity contribution in [1.82, 2.24) is 25.2 Å². The van der Waals surface area contributed by atoms with Gasteiger partial charge in [0.05, 0.1) is 22.3 Å². The van der Waals surface area contributed by atoms with Crippen LogP contribution >= 0.6 is 0 Å². The first kappa shape index (κ1) is 24.5. The highest BCUT2D eigenvalue weighted by atomic mass is 19.3. The number of fused-ring (bicyclic) bond motifs is 2. The van der Waals surface area contributed by atoms with Gasteiger partial charge in [-0.2, -0.15) is 5.10 Å². The predicted molar refractivity (Wildman–Crippen MR) is 135 cm³/mol. The predicted octanol–water partition coefficient (Wildman–Crippen LogP) is 5.02. The molecule has 1 N–H and O–H groups in total. The molecular formula is C28H35F2N5O2. The summed E-state index contributed by atoms with van der Waals surface area (Å²) < 4.78 is 34.7. The van der Waals surface area contributed by atoms with Crippen LogP contribution in [0.15, 0.2) is 35.2 Å². The molecule has 0 spiro atoms. The average molecular weight is 512 g/mol. The van der Waals surface area contributed by atoms with Crippen LogP contribution in [0.3, 0.4) is 0 Å². The standard InChI is InChI=1S/C28H35F2N5O2/c1-27(29,30)23-17-37-33-25(23)28-11-13-35(15-19(28)14-28)12-10-18-6-8-20(9-7-18)31-26(36)21-4-3-5-24-22(21)16-34(2)32-24/h3-5,16-20H,6-15H2,1-2H3,(H,31,36)/t18-,19?,20-,28?.